The molecule has 0 bridgehead atoms. The van der Waals surface area contributed by atoms with Gasteiger partial charge in [0.1, 0.15) is 0 Å². The van der Waals surface area contributed by atoms with Crippen molar-refractivity contribution in [3.8, 4) is 0 Å². The van der Waals surface area contributed by atoms with Gasteiger partial charge in [-0.15, -0.1) is 0 Å². The van der Waals surface area contributed by atoms with Crippen molar-refractivity contribution in [1.29, 1.82) is 0 Å². The first-order valence-corrected chi connectivity index (χ1v) is 7.67. The minimum atomic E-state index is -2.99. The van der Waals surface area contributed by atoms with E-state index in [0.29, 0.717) is 0 Å². The van der Waals surface area contributed by atoms with Crippen molar-refractivity contribution < 1.29 is 176 Å². The zero-order valence-corrected chi connectivity index (χ0v) is 28.6. The van der Waals surface area contributed by atoms with Crippen molar-refractivity contribution in [2.75, 3.05) is 56.9 Å². The summed E-state index contributed by atoms with van der Waals surface area (Å²) < 4.78 is 44.8. The Bertz CT molecular complexity index is 412. The molecule has 195 valence electrons. The van der Waals surface area contributed by atoms with Crippen LogP contribution in [0.25, 0.3) is 0 Å². The van der Waals surface area contributed by atoms with Gasteiger partial charge in [-0.3, -0.25) is 0 Å². The maximum absolute atomic E-state index is 9.92. The SMILES string of the molecule is CO.COC(O)(O)OC.COC(OC)OC(O)(OC)OC(O)(OC)OC(C)(O)OC.[Y].[Y].[Y]. The third-order valence-electron chi connectivity index (χ3n) is 2.63. The summed E-state index contributed by atoms with van der Waals surface area (Å²) in [5.41, 5.74) is 0. The molecule has 0 amide bonds. The summed E-state index contributed by atoms with van der Waals surface area (Å²) in [5, 5.41) is 52.9. The smallest absolute Gasteiger partial charge is 0.400 e. The van der Waals surface area contributed by atoms with Gasteiger partial charge in [-0.05, 0) is 0 Å². The van der Waals surface area contributed by atoms with Gasteiger partial charge in [0.15, 0.2) is 0 Å². The second-order valence-corrected chi connectivity index (χ2v) is 4.60. The van der Waals surface area contributed by atoms with Crippen LogP contribution in [0.3, 0.4) is 0 Å². The average Bonchev–Trinajstić information content (AvgIpc) is 2.73. The van der Waals surface area contributed by atoms with E-state index in [1.54, 1.807) is 0 Å². The minimum absolute atomic E-state index is 0. The molecule has 0 saturated carbocycles. The largest absolute Gasteiger partial charge is 0.420 e. The number of rotatable bonds is 13. The Morgan fingerprint density at radius 2 is 0.909 bits per heavy atom. The van der Waals surface area contributed by atoms with Gasteiger partial charge in [0.25, 0.3) is 12.4 Å². The third kappa shape index (κ3) is 24.7. The molecule has 0 aromatic rings. The van der Waals surface area contributed by atoms with Gasteiger partial charge in [-0.25, -0.2) is 14.2 Å². The van der Waals surface area contributed by atoms with Gasteiger partial charge >= 0.3 is 18.5 Å². The number of aliphatic hydroxyl groups excluding tert-OH is 1. The van der Waals surface area contributed by atoms with Crippen LogP contribution in [0.2, 0.25) is 0 Å². The van der Waals surface area contributed by atoms with Crippen molar-refractivity contribution in [3.05, 3.63) is 0 Å². The Morgan fingerprint density at radius 3 is 1.12 bits per heavy atom. The molecule has 0 spiro atoms. The Balaban J connectivity index is -0.000000130. The Morgan fingerprint density at radius 1 is 0.545 bits per heavy atom. The topological polar surface area (TPSA) is 214 Å². The van der Waals surface area contributed by atoms with Crippen LogP contribution < -0.4 is 0 Å². The molecule has 16 nitrogen and oxygen atoms in total. The van der Waals surface area contributed by atoms with Crippen LogP contribution in [0.15, 0.2) is 0 Å². The number of ether oxygens (including phenoxy) is 10. The van der Waals surface area contributed by atoms with Crippen LogP contribution in [-0.2, 0) is 145 Å². The summed E-state index contributed by atoms with van der Waals surface area (Å²) in [6, 6.07) is 0. The number of methoxy groups -OCH3 is 7. The number of hydrogen-bond donors (Lipinski definition) is 6. The zero-order valence-electron chi connectivity index (χ0n) is 20.1. The standard InChI is InChI=1S/C10H22O11.C3H8O4.CH4O.3Y/c1-8(11,16-4)20-10(13,18-6)21-9(12,17-5)19-7(14-2)15-3;1-6-3(4,5)7-2;1-2;;;/h7,11-13H,1-6H3;4-5H,1-2H3;2H,1H3;;;. The quantitative estimate of drug-likeness (QED) is 0.104. The van der Waals surface area contributed by atoms with E-state index < -0.39 is 30.9 Å². The second kappa shape index (κ2) is 25.0. The summed E-state index contributed by atoms with van der Waals surface area (Å²) in [4.78, 5) is 0. The van der Waals surface area contributed by atoms with Gasteiger partial charge in [0.05, 0.1) is 0 Å². The van der Waals surface area contributed by atoms with Crippen molar-refractivity contribution in [1.82, 2.24) is 0 Å². The molecule has 0 aromatic heterocycles. The fraction of sp³-hybridized carbons (Fsp3) is 1.00. The molecule has 33 heavy (non-hydrogen) atoms. The van der Waals surface area contributed by atoms with Gasteiger partial charge in [0.2, 0.25) is 0 Å². The van der Waals surface area contributed by atoms with E-state index in [9.17, 15) is 15.3 Å². The molecule has 19 heteroatoms. The van der Waals surface area contributed by atoms with Crippen molar-refractivity contribution in [3.63, 3.8) is 0 Å². The minimum Gasteiger partial charge on any atom is -0.400 e. The van der Waals surface area contributed by atoms with E-state index in [1.165, 1.54) is 14.2 Å². The van der Waals surface area contributed by atoms with E-state index in [4.69, 9.17) is 20.1 Å². The molecule has 0 heterocycles. The molecule has 3 radical (unpaired) electrons. The van der Waals surface area contributed by atoms with Crippen LogP contribution in [0.5, 0.6) is 0 Å². The molecule has 3 atom stereocenters. The average molecular weight is 725 g/mol. The molecule has 0 saturated heterocycles. The predicted octanol–water partition coefficient (Wildman–Crippen LogP) is -3.10. The normalized spacial score (nSPS) is 16.0. The van der Waals surface area contributed by atoms with Gasteiger partial charge in [0, 0.05) is 162 Å². The number of hydrogen-bond acceptors (Lipinski definition) is 16. The Kier molecular flexibility index (Phi) is 36.9. The molecule has 0 aromatic carbocycles. The van der Waals surface area contributed by atoms with Crippen molar-refractivity contribution in [2.24, 2.45) is 0 Å². The molecule has 0 aliphatic heterocycles. The van der Waals surface area contributed by atoms with Gasteiger partial charge < -0.3 is 63.8 Å². The number of aliphatic hydroxyl groups is 6. The summed E-state index contributed by atoms with van der Waals surface area (Å²) in [7, 11) is 8.66. The summed E-state index contributed by atoms with van der Waals surface area (Å²) >= 11 is 0. The summed E-state index contributed by atoms with van der Waals surface area (Å²) in [6.45, 7) is -0.376. The predicted molar refractivity (Wildman–Crippen MR) is 91.9 cm³/mol. The van der Waals surface area contributed by atoms with E-state index in [2.05, 4.69) is 42.6 Å². The van der Waals surface area contributed by atoms with Crippen molar-refractivity contribution >= 4 is 0 Å². The third-order valence-corrected chi connectivity index (χ3v) is 2.63. The van der Waals surface area contributed by atoms with Crippen LogP contribution in [-0.4, -0.2) is 118 Å². The second-order valence-electron chi connectivity index (χ2n) is 4.60. The molecule has 0 aliphatic rings. The Hall–Kier alpha value is 2.67. The van der Waals surface area contributed by atoms with Gasteiger partial charge in [-0.2, -0.15) is 0 Å². The molecular weight excluding hydrogens is 691 g/mol. The first-order chi connectivity index (χ1) is 13.7. The van der Waals surface area contributed by atoms with Crippen LogP contribution in [0.4, 0.5) is 0 Å². The monoisotopic (exact) mass is 725 g/mol. The molecule has 3 unspecified atom stereocenters. The van der Waals surface area contributed by atoms with Gasteiger partial charge in [-0.1, -0.05) is 0 Å². The van der Waals surface area contributed by atoms with E-state index in [0.717, 1.165) is 49.6 Å². The maximum atomic E-state index is 9.92. The summed E-state index contributed by atoms with van der Waals surface area (Å²) in [5.74, 6) is -2.30. The molecule has 0 rings (SSSR count). The van der Waals surface area contributed by atoms with E-state index >= 15 is 0 Å². The van der Waals surface area contributed by atoms with Crippen LogP contribution in [0, 0.1) is 0 Å². The van der Waals surface area contributed by atoms with E-state index in [-0.39, 0.29) is 98.1 Å². The Labute approximate surface area is 268 Å². The molecule has 0 aliphatic carbocycles. The first kappa shape index (κ1) is 48.7. The molecular formula is C14H34O16Y3. The fourth-order valence-corrected chi connectivity index (χ4v) is 1.06. The van der Waals surface area contributed by atoms with Crippen molar-refractivity contribution in [2.45, 2.75) is 37.9 Å². The first-order valence-electron chi connectivity index (χ1n) is 7.67. The summed E-state index contributed by atoms with van der Waals surface area (Å²) in [6.07, 6.45) is -8.30. The fourth-order valence-electron chi connectivity index (χ4n) is 1.06. The van der Waals surface area contributed by atoms with Crippen LogP contribution >= 0.6 is 0 Å². The van der Waals surface area contributed by atoms with E-state index in [1.807, 2.05) is 0 Å². The van der Waals surface area contributed by atoms with Crippen LogP contribution in [0.1, 0.15) is 6.92 Å². The molecule has 0 fully saturated rings. The maximum Gasteiger partial charge on any atom is 0.420 e. The molecule has 6 N–H and O–H groups in total. The zero-order chi connectivity index (χ0) is 24.6.